The number of aryl methyl sites for hydroxylation is 1. The van der Waals surface area contributed by atoms with Crippen LogP contribution in [-0.4, -0.2) is 20.9 Å². The third-order valence-corrected chi connectivity index (χ3v) is 4.06. The summed E-state index contributed by atoms with van der Waals surface area (Å²) in [5.74, 6) is 1.18. The van der Waals surface area contributed by atoms with E-state index in [9.17, 15) is 4.79 Å². The van der Waals surface area contributed by atoms with E-state index < -0.39 is 0 Å². The van der Waals surface area contributed by atoms with Crippen molar-refractivity contribution in [1.82, 2.24) is 15.0 Å². The first-order valence-electron chi connectivity index (χ1n) is 8.39. The molecule has 2 aromatic heterocycles. The fourth-order valence-electron chi connectivity index (χ4n) is 2.72. The van der Waals surface area contributed by atoms with E-state index in [1.807, 2.05) is 49.4 Å². The van der Waals surface area contributed by atoms with Crippen LogP contribution >= 0.6 is 0 Å². The van der Waals surface area contributed by atoms with Gasteiger partial charge in [0.05, 0.1) is 11.9 Å². The molecular weight excluding hydrogens is 340 g/mol. The second-order valence-corrected chi connectivity index (χ2v) is 5.97. The normalized spacial score (nSPS) is 10.6. The minimum Gasteiger partial charge on any atom is -0.444 e. The summed E-state index contributed by atoms with van der Waals surface area (Å²) < 4.78 is 5.26. The molecule has 0 fully saturated rings. The lowest BCUT2D eigenvalue weighted by molar-refractivity contribution is 0.102. The Morgan fingerprint density at radius 1 is 1.04 bits per heavy atom. The molecule has 0 saturated heterocycles. The lowest BCUT2D eigenvalue weighted by Crippen LogP contribution is -2.11. The second-order valence-electron chi connectivity index (χ2n) is 5.97. The maximum atomic E-state index is 12.5. The summed E-state index contributed by atoms with van der Waals surface area (Å²) in [6.07, 6.45) is 4.73. The highest BCUT2D eigenvalue weighted by molar-refractivity contribution is 6.04. The van der Waals surface area contributed by atoms with Crippen LogP contribution in [0.5, 0.6) is 0 Å². The van der Waals surface area contributed by atoms with Gasteiger partial charge < -0.3 is 9.73 Å². The molecule has 132 valence electrons. The second kappa shape index (κ2) is 7.21. The number of carbonyl (C=O) groups is 1. The van der Waals surface area contributed by atoms with Gasteiger partial charge in [0, 0.05) is 28.6 Å². The maximum Gasteiger partial charge on any atom is 0.255 e. The Bertz CT molecular complexity index is 1070. The standard InChI is InChI=1S/C21H16N4O2/c1-14-23-10-9-19(24-14)17-3-2-4-18(11-17)25-21(26)16-7-5-15(6-8-16)20-12-22-13-27-20/h2-13H,1H3,(H,25,26). The van der Waals surface area contributed by atoms with Crippen LogP contribution in [0.15, 0.2) is 77.8 Å². The number of hydrogen-bond donors (Lipinski definition) is 1. The van der Waals surface area contributed by atoms with Crippen LogP contribution in [0.2, 0.25) is 0 Å². The highest BCUT2D eigenvalue weighted by Gasteiger charge is 2.09. The monoisotopic (exact) mass is 356 g/mol. The van der Waals surface area contributed by atoms with Gasteiger partial charge >= 0.3 is 0 Å². The molecule has 4 rings (SSSR count). The molecule has 0 aliphatic carbocycles. The Kier molecular flexibility index (Phi) is 4.45. The first-order valence-corrected chi connectivity index (χ1v) is 8.39. The van der Waals surface area contributed by atoms with Crippen molar-refractivity contribution in [2.24, 2.45) is 0 Å². The van der Waals surface area contributed by atoms with Gasteiger partial charge in [0.15, 0.2) is 12.2 Å². The highest BCUT2D eigenvalue weighted by atomic mass is 16.3. The van der Waals surface area contributed by atoms with Crippen molar-refractivity contribution in [2.75, 3.05) is 5.32 Å². The topological polar surface area (TPSA) is 80.9 Å². The summed E-state index contributed by atoms with van der Waals surface area (Å²) in [6, 6.07) is 16.6. The predicted octanol–water partition coefficient (Wildman–Crippen LogP) is 4.36. The molecule has 2 aromatic carbocycles. The summed E-state index contributed by atoms with van der Waals surface area (Å²) in [5, 5.41) is 2.92. The minimum absolute atomic E-state index is 0.185. The number of carbonyl (C=O) groups excluding carboxylic acids is 1. The zero-order chi connectivity index (χ0) is 18.6. The quantitative estimate of drug-likeness (QED) is 0.587. The Balaban J connectivity index is 1.52. The molecule has 1 amide bonds. The van der Waals surface area contributed by atoms with Gasteiger partial charge in [-0.2, -0.15) is 0 Å². The molecule has 27 heavy (non-hydrogen) atoms. The number of benzene rings is 2. The summed E-state index contributed by atoms with van der Waals surface area (Å²) in [4.78, 5) is 25.0. The SMILES string of the molecule is Cc1nccc(-c2cccc(NC(=O)c3ccc(-c4cnco4)cc3)c2)n1. The van der Waals surface area contributed by atoms with Crippen LogP contribution in [0.25, 0.3) is 22.6 Å². The Morgan fingerprint density at radius 2 is 1.89 bits per heavy atom. The fourth-order valence-corrected chi connectivity index (χ4v) is 2.72. The number of oxazole rings is 1. The van der Waals surface area contributed by atoms with Crippen molar-refractivity contribution in [1.29, 1.82) is 0 Å². The lowest BCUT2D eigenvalue weighted by Gasteiger charge is -2.08. The minimum atomic E-state index is -0.185. The average Bonchev–Trinajstić information content (AvgIpc) is 3.23. The Labute approximate surface area is 155 Å². The van der Waals surface area contributed by atoms with Crippen LogP contribution in [0.1, 0.15) is 16.2 Å². The van der Waals surface area contributed by atoms with Crippen molar-refractivity contribution in [3.05, 3.63) is 84.8 Å². The van der Waals surface area contributed by atoms with Gasteiger partial charge in [-0.15, -0.1) is 0 Å². The smallest absolute Gasteiger partial charge is 0.255 e. The molecule has 0 aliphatic heterocycles. The van der Waals surface area contributed by atoms with Gasteiger partial charge in [-0.1, -0.05) is 24.3 Å². The first kappa shape index (κ1) is 16.7. The molecule has 6 nitrogen and oxygen atoms in total. The molecule has 0 aliphatic rings. The van der Waals surface area contributed by atoms with E-state index in [-0.39, 0.29) is 5.91 Å². The molecule has 0 radical (unpaired) electrons. The van der Waals surface area contributed by atoms with Crippen LogP contribution in [-0.2, 0) is 0 Å². The number of hydrogen-bond acceptors (Lipinski definition) is 5. The van der Waals surface area contributed by atoms with Crippen LogP contribution in [0.3, 0.4) is 0 Å². The number of anilines is 1. The molecular formula is C21H16N4O2. The lowest BCUT2D eigenvalue weighted by atomic mass is 10.1. The molecule has 4 aromatic rings. The largest absolute Gasteiger partial charge is 0.444 e. The van der Waals surface area contributed by atoms with E-state index in [1.54, 1.807) is 24.5 Å². The van der Waals surface area contributed by atoms with Crippen LogP contribution in [0, 0.1) is 6.92 Å². The zero-order valence-electron chi connectivity index (χ0n) is 14.6. The molecule has 0 spiro atoms. The summed E-state index contributed by atoms with van der Waals surface area (Å²) in [5.41, 5.74) is 3.86. The van der Waals surface area contributed by atoms with Crippen molar-refractivity contribution >= 4 is 11.6 Å². The number of nitrogens with zero attached hydrogens (tertiary/aromatic N) is 3. The van der Waals surface area contributed by atoms with Gasteiger partial charge in [-0.3, -0.25) is 4.79 Å². The molecule has 6 heteroatoms. The zero-order valence-corrected chi connectivity index (χ0v) is 14.6. The molecule has 0 saturated carbocycles. The fraction of sp³-hybridized carbons (Fsp3) is 0.0476. The van der Waals surface area contributed by atoms with E-state index in [1.165, 1.54) is 6.39 Å². The van der Waals surface area contributed by atoms with Crippen molar-refractivity contribution < 1.29 is 9.21 Å². The van der Waals surface area contributed by atoms with Gasteiger partial charge in [-0.05, 0) is 37.3 Å². The van der Waals surface area contributed by atoms with E-state index in [0.29, 0.717) is 22.8 Å². The average molecular weight is 356 g/mol. The number of nitrogens with one attached hydrogen (secondary N) is 1. The van der Waals surface area contributed by atoms with Crippen molar-refractivity contribution in [3.63, 3.8) is 0 Å². The van der Waals surface area contributed by atoms with Gasteiger partial charge in [0.25, 0.3) is 5.91 Å². The Morgan fingerprint density at radius 3 is 2.63 bits per heavy atom. The first-order chi connectivity index (χ1) is 13.2. The molecule has 1 N–H and O–H groups in total. The van der Waals surface area contributed by atoms with Crippen LogP contribution in [0.4, 0.5) is 5.69 Å². The summed E-state index contributed by atoms with van der Waals surface area (Å²) >= 11 is 0. The molecule has 0 bridgehead atoms. The molecule has 0 atom stereocenters. The third kappa shape index (κ3) is 3.74. The van der Waals surface area contributed by atoms with E-state index in [4.69, 9.17) is 4.42 Å². The maximum absolute atomic E-state index is 12.5. The number of amides is 1. The van der Waals surface area contributed by atoms with Crippen molar-refractivity contribution in [2.45, 2.75) is 6.92 Å². The van der Waals surface area contributed by atoms with E-state index in [0.717, 1.165) is 16.8 Å². The van der Waals surface area contributed by atoms with E-state index >= 15 is 0 Å². The molecule has 2 heterocycles. The summed E-state index contributed by atoms with van der Waals surface area (Å²) in [7, 11) is 0. The van der Waals surface area contributed by atoms with Crippen LogP contribution < -0.4 is 5.32 Å². The molecule has 0 unspecified atom stereocenters. The highest BCUT2D eigenvalue weighted by Crippen LogP contribution is 2.22. The van der Waals surface area contributed by atoms with Gasteiger partial charge in [-0.25, -0.2) is 15.0 Å². The van der Waals surface area contributed by atoms with E-state index in [2.05, 4.69) is 20.3 Å². The number of rotatable bonds is 4. The van der Waals surface area contributed by atoms with Crippen molar-refractivity contribution in [3.8, 4) is 22.6 Å². The van der Waals surface area contributed by atoms with Gasteiger partial charge in [0.2, 0.25) is 0 Å². The third-order valence-electron chi connectivity index (χ3n) is 4.06. The van der Waals surface area contributed by atoms with Gasteiger partial charge in [0.1, 0.15) is 5.82 Å². The summed E-state index contributed by atoms with van der Waals surface area (Å²) in [6.45, 7) is 1.84. The predicted molar refractivity (Wildman–Crippen MR) is 102 cm³/mol. The Hall–Kier alpha value is -3.80. The number of aromatic nitrogens is 3.